The zero-order valence-electron chi connectivity index (χ0n) is 13.3. The lowest BCUT2D eigenvalue weighted by atomic mass is 10.1. The van der Waals surface area contributed by atoms with E-state index in [4.69, 9.17) is 10.5 Å². The normalized spacial score (nSPS) is 27.9. The molecule has 0 aliphatic carbocycles. The van der Waals surface area contributed by atoms with E-state index in [9.17, 15) is 15.3 Å². The van der Waals surface area contributed by atoms with Gasteiger partial charge in [-0.15, -0.1) is 0 Å². The summed E-state index contributed by atoms with van der Waals surface area (Å²) in [5.41, 5.74) is 11.9. The van der Waals surface area contributed by atoms with E-state index in [0.717, 1.165) is 10.9 Å². The van der Waals surface area contributed by atoms with Crippen LogP contribution in [0.5, 0.6) is 0 Å². The number of pyridine rings is 1. The van der Waals surface area contributed by atoms with E-state index in [2.05, 4.69) is 15.8 Å². The Morgan fingerprint density at radius 2 is 2.08 bits per heavy atom. The first-order chi connectivity index (χ1) is 12.0. The topological polar surface area (TPSA) is 129 Å². The molecule has 2 aliphatic heterocycles. The summed E-state index contributed by atoms with van der Waals surface area (Å²) >= 11 is 1.65. The molecule has 0 bridgehead atoms. The molecule has 25 heavy (non-hydrogen) atoms. The first-order valence-electron chi connectivity index (χ1n) is 7.45. The van der Waals surface area contributed by atoms with Crippen LogP contribution in [-0.2, 0) is 4.74 Å². The van der Waals surface area contributed by atoms with Gasteiger partial charge < -0.3 is 30.4 Å². The number of ether oxygens (including phenoxy) is 1. The molecule has 1 unspecified atom stereocenters. The smallest absolute Gasteiger partial charge is 0.169 e. The summed E-state index contributed by atoms with van der Waals surface area (Å²) in [6.07, 6.45) is -0.634. The molecule has 9 nitrogen and oxygen atoms in total. The molecule has 0 aromatic carbocycles. The molecule has 132 valence electrons. The fourth-order valence-electron chi connectivity index (χ4n) is 3.21. The van der Waals surface area contributed by atoms with Crippen molar-refractivity contribution in [3.05, 3.63) is 24.0 Å². The minimum atomic E-state index is -1.16. The number of aliphatic hydroxyl groups excluding tert-OH is 3. The van der Waals surface area contributed by atoms with Gasteiger partial charge in [-0.05, 0) is 6.07 Å². The van der Waals surface area contributed by atoms with Gasteiger partial charge in [0.2, 0.25) is 0 Å². The largest absolute Gasteiger partial charge is 0.394 e. The second kappa shape index (κ2) is 7.07. The molecule has 0 spiro atoms. The van der Waals surface area contributed by atoms with Crippen LogP contribution in [0.2, 0.25) is 0 Å². The Kier molecular flexibility index (Phi) is 5.20. The van der Waals surface area contributed by atoms with E-state index in [0.29, 0.717) is 17.2 Å². The van der Waals surface area contributed by atoms with Crippen LogP contribution in [0.25, 0.3) is 10.9 Å². The molecule has 1 saturated heterocycles. The van der Waals surface area contributed by atoms with Crippen molar-refractivity contribution in [2.24, 2.45) is 10.8 Å². The quantitative estimate of drug-likeness (QED) is 0.344. The van der Waals surface area contributed by atoms with Crippen LogP contribution < -0.4 is 10.7 Å². The van der Waals surface area contributed by atoms with Crippen molar-refractivity contribution in [2.75, 3.05) is 18.7 Å². The van der Waals surface area contributed by atoms with Gasteiger partial charge in [0.25, 0.3) is 0 Å². The monoisotopic (exact) mass is 457 g/mol. The number of aliphatic hydroxyl groups is 3. The molecule has 2 aromatic heterocycles. The molecule has 2 radical (unpaired) electrons. The zero-order valence-corrected chi connectivity index (χ0v) is 15.5. The Morgan fingerprint density at radius 1 is 1.36 bits per heavy atom. The zero-order chi connectivity index (χ0) is 18.3. The average molecular weight is 457 g/mol. The van der Waals surface area contributed by atoms with Gasteiger partial charge in [0.15, 0.2) is 23.6 Å². The molecule has 11 heteroatoms. The van der Waals surface area contributed by atoms with Crippen molar-refractivity contribution in [1.29, 1.82) is 0 Å². The second-order valence-corrected chi connectivity index (χ2v) is 5.72. The maximum Gasteiger partial charge on any atom is 0.169 e. The highest BCUT2D eigenvalue weighted by Crippen LogP contribution is 2.37. The lowest BCUT2D eigenvalue weighted by molar-refractivity contribution is -0.0506. The van der Waals surface area contributed by atoms with Crippen molar-refractivity contribution in [1.82, 2.24) is 9.55 Å². The van der Waals surface area contributed by atoms with Gasteiger partial charge in [-0.25, -0.2) is 9.99 Å². The summed E-state index contributed by atoms with van der Waals surface area (Å²) in [6, 6.07) is 1.78. The van der Waals surface area contributed by atoms with E-state index >= 15 is 0 Å². The number of hydrogen-bond acceptors (Lipinski definition) is 8. The number of aromatic nitrogens is 2. The third kappa shape index (κ3) is 2.79. The lowest BCUT2D eigenvalue weighted by Gasteiger charge is -2.19. The van der Waals surface area contributed by atoms with Gasteiger partial charge in [-0.2, -0.15) is 27.5 Å². The summed E-state index contributed by atoms with van der Waals surface area (Å²) in [4.78, 5) is 4.32. The van der Waals surface area contributed by atoms with Crippen molar-refractivity contribution in [3.63, 3.8) is 0 Å². The van der Waals surface area contributed by atoms with Gasteiger partial charge in [0.05, 0.1) is 17.5 Å². The van der Waals surface area contributed by atoms with Crippen molar-refractivity contribution in [3.8, 4) is 0 Å². The first kappa shape index (κ1) is 18.4. The van der Waals surface area contributed by atoms with E-state index in [1.54, 1.807) is 57.5 Å². The predicted octanol–water partition coefficient (Wildman–Crippen LogP) is -0.777. The minimum Gasteiger partial charge on any atom is -0.394 e. The molecule has 4 atom stereocenters. The molecule has 2 aromatic rings. The average Bonchev–Trinajstić information content (AvgIpc) is 3.14. The Bertz CT molecular complexity index is 816. The summed E-state index contributed by atoms with van der Waals surface area (Å²) in [7, 11) is 1.75. The van der Waals surface area contributed by atoms with Gasteiger partial charge in [-0.3, -0.25) is 0 Å². The molecule has 2 aliphatic rings. The number of halogens is 1. The maximum atomic E-state index is 10.3. The SMILES string of the molecule is CN1N=C(N)c2cn([C@@H]3O[C@H](CO)C(O)[C@H]3O)c3ccnc1c23.[B]I. The van der Waals surface area contributed by atoms with Crippen molar-refractivity contribution in [2.45, 2.75) is 24.5 Å². The van der Waals surface area contributed by atoms with Crippen molar-refractivity contribution >= 4 is 50.6 Å². The fraction of sp³-hybridized carbons (Fsp3) is 0.429. The second-order valence-electron chi connectivity index (χ2n) is 5.72. The van der Waals surface area contributed by atoms with Crippen LogP contribution in [-0.4, -0.2) is 68.4 Å². The van der Waals surface area contributed by atoms with Gasteiger partial charge in [0, 0.05) is 25.0 Å². The molecule has 4 rings (SSSR count). The maximum absolute atomic E-state index is 10.3. The van der Waals surface area contributed by atoms with E-state index in [1.165, 1.54) is 0 Å². The Balaban J connectivity index is 0.000000880. The minimum absolute atomic E-state index is 0.337. The number of nitrogens with zero attached hydrogens (tertiary/aromatic N) is 4. The number of nitrogens with two attached hydrogens (primary N) is 1. The van der Waals surface area contributed by atoms with Crippen LogP contribution in [0.15, 0.2) is 23.6 Å². The van der Waals surface area contributed by atoms with Crippen LogP contribution in [0, 0.1) is 0 Å². The highest BCUT2D eigenvalue weighted by atomic mass is 127. The van der Waals surface area contributed by atoms with Gasteiger partial charge >= 0.3 is 0 Å². The van der Waals surface area contributed by atoms with E-state index < -0.39 is 24.5 Å². The molecule has 0 saturated carbocycles. The number of anilines is 1. The molecule has 5 N–H and O–H groups in total. The standard InChI is InChI=1S/C14H17N5O4.BI/c1-18-13-9-6(12(15)17-18)4-19(7(9)2-3-16-13)14-11(22)10(21)8(5-20)23-14;1-2/h2-4,8,10-11,14,20-22H,5H2,1H3,(H2,15,17);/t8-,10?,11-,14-;/m1./s1. The summed E-state index contributed by atoms with van der Waals surface area (Å²) in [6.45, 7) is -0.375. The van der Waals surface area contributed by atoms with Crippen molar-refractivity contribution < 1.29 is 20.1 Å². The Morgan fingerprint density at radius 3 is 2.72 bits per heavy atom. The molecular weight excluding hydrogens is 440 g/mol. The summed E-state index contributed by atoms with van der Waals surface area (Å²) in [5, 5.41) is 36.1. The number of rotatable bonds is 2. The third-order valence-electron chi connectivity index (χ3n) is 4.36. The van der Waals surface area contributed by atoms with Crippen LogP contribution in [0.3, 0.4) is 0 Å². The number of hydrogen-bond donors (Lipinski definition) is 4. The number of amidine groups is 1. The fourth-order valence-corrected chi connectivity index (χ4v) is 3.21. The van der Waals surface area contributed by atoms with Crippen LogP contribution in [0.4, 0.5) is 5.82 Å². The molecule has 0 amide bonds. The number of hydrazone groups is 1. The first-order valence-corrected chi connectivity index (χ1v) is 8.69. The van der Waals surface area contributed by atoms with E-state index in [-0.39, 0.29) is 6.61 Å². The molecular formula is C14H17BIN5O4. The predicted molar refractivity (Wildman–Crippen MR) is 102 cm³/mol. The summed E-state index contributed by atoms with van der Waals surface area (Å²) in [5.74, 6) is 0.987. The van der Waals surface area contributed by atoms with Crippen LogP contribution in [0.1, 0.15) is 11.8 Å². The van der Waals surface area contributed by atoms with Gasteiger partial charge in [-0.1, -0.05) is 0 Å². The lowest BCUT2D eigenvalue weighted by Crippen LogP contribution is -2.33. The van der Waals surface area contributed by atoms with Crippen LogP contribution >= 0.6 is 22.4 Å². The van der Waals surface area contributed by atoms with Gasteiger partial charge in [0.1, 0.15) is 18.3 Å². The van der Waals surface area contributed by atoms with E-state index in [1.807, 2.05) is 0 Å². The summed E-state index contributed by atoms with van der Waals surface area (Å²) < 4.78 is 7.30. The Labute approximate surface area is 158 Å². The highest BCUT2D eigenvalue weighted by molar-refractivity contribution is 14.1. The molecule has 1 fully saturated rings. The Hall–Kier alpha value is -1.41. The molecule has 4 heterocycles. The highest BCUT2D eigenvalue weighted by Gasteiger charge is 2.44. The third-order valence-corrected chi connectivity index (χ3v) is 4.36.